The van der Waals surface area contributed by atoms with E-state index in [2.05, 4.69) is 10.3 Å². The van der Waals surface area contributed by atoms with Crippen LogP contribution in [0.3, 0.4) is 0 Å². The molecule has 0 aliphatic carbocycles. The summed E-state index contributed by atoms with van der Waals surface area (Å²) >= 11 is 0. The van der Waals surface area contributed by atoms with E-state index < -0.39 is 25.0 Å². The van der Waals surface area contributed by atoms with Gasteiger partial charge in [-0.15, -0.1) is 0 Å². The van der Waals surface area contributed by atoms with Crippen LogP contribution in [0.15, 0.2) is 18.3 Å². The van der Waals surface area contributed by atoms with Crippen molar-refractivity contribution in [3.63, 3.8) is 0 Å². The Morgan fingerprint density at radius 2 is 2.25 bits per heavy atom. The monoisotopic (exact) mass is 230 g/mol. The minimum absolute atomic E-state index is 0.270. The largest absolute Gasteiger partial charge is 0.385 e. The van der Waals surface area contributed by atoms with Gasteiger partial charge in [0.15, 0.2) is 0 Å². The summed E-state index contributed by atoms with van der Waals surface area (Å²) in [4.78, 5) is 15.3. The quantitative estimate of drug-likeness (QED) is 0.802. The Morgan fingerprint density at radius 3 is 2.75 bits per heavy atom. The third kappa shape index (κ3) is 3.54. The van der Waals surface area contributed by atoms with Gasteiger partial charge in [-0.25, -0.2) is 8.78 Å². The fourth-order valence-electron chi connectivity index (χ4n) is 0.991. The smallest absolute Gasteiger partial charge is 0.265 e. The van der Waals surface area contributed by atoms with Crippen molar-refractivity contribution in [3.8, 4) is 0 Å². The van der Waals surface area contributed by atoms with Crippen LogP contribution in [0.5, 0.6) is 0 Å². The molecule has 0 aliphatic heterocycles. The molecule has 1 amide bonds. The number of aliphatic hydroxyl groups is 1. The summed E-state index contributed by atoms with van der Waals surface area (Å²) in [5, 5.41) is 11.0. The highest BCUT2D eigenvalue weighted by molar-refractivity contribution is 5.93. The van der Waals surface area contributed by atoms with Gasteiger partial charge in [-0.1, -0.05) is 0 Å². The van der Waals surface area contributed by atoms with Gasteiger partial charge in [-0.2, -0.15) is 0 Å². The molecule has 2 N–H and O–H groups in total. The van der Waals surface area contributed by atoms with Gasteiger partial charge in [0.05, 0.1) is 5.56 Å². The standard InChI is InChI=1S/C10H12F2N2O2/c1-6-2-3-7(4-13-6)10(16)14-5-8(15)9(11)12/h2-4,8-9,15H,5H2,1H3,(H,14,16). The first kappa shape index (κ1) is 12.5. The van der Waals surface area contributed by atoms with Crippen molar-refractivity contribution in [1.82, 2.24) is 10.3 Å². The Balaban J connectivity index is 2.50. The molecule has 0 bridgehead atoms. The van der Waals surface area contributed by atoms with Crippen molar-refractivity contribution in [1.29, 1.82) is 0 Å². The van der Waals surface area contributed by atoms with Crippen LogP contribution in [0, 0.1) is 6.92 Å². The van der Waals surface area contributed by atoms with E-state index in [1.54, 1.807) is 13.0 Å². The molecule has 1 rings (SSSR count). The second-order valence-electron chi connectivity index (χ2n) is 3.30. The number of aliphatic hydroxyl groups excluding tert-OH is 1. The van der Waals surface area contributed by atoms with Gasteiger partial charge in [-0.3, -0.25) is 9.78 Å². The Bertz CT molecular complexity index is 354. The molecule has 1 aromatic rings. The molecule has 88 valence electrons. The number of halogens is 2. The Hall–Kier alpha value is -1.56. The van der Waals surface area contributed by atoms with Crippen molar-refractivity contribution >= 4 is 5.91 Å². The summed E-state index contributed by atoms with van der Waals surface area (Å²) in [5.41, 5.74) is 1.02. The lowest BCUT2D eigenvalue weighted by Crippen LogP contribution is -2.35. The fraction of sp³-hybridized carbons (Fsp3) is 0.400. The number of nitrogens with zero attached hydrogens (tertiary/aromatic N) is 1. The molecule has 1 heterocycles. The molecular formula is C10H12F2N2O2. The summed E-state index contributed by atoms with van der Waals surface area (Å²) in [6, 6.07) is 3.17. The van der Waals surface area contributed by atoms with Gasteiger partial charge in [0.1, 0.15) is 6.10 Å². The molecular weight excluding hydrogens is 218 g/mol. The van der Waals surface area contributed by atoms with Gasteiger partial charge >= 0.3 is 0 Å². The number of amides is 1. The highest BCUT2D eigenvalue weighted by Crippen LogP contribution is 2.01. The number of rotatable bonds is 4. The summed E-state index contributed by atoms with van der Waals surface area (Å²) in [6.07, 6.45) is -3.36. The molecule has 1 aromatic heterocycles. The molecule has 0 saturated heterocycles. The molecule has 16 heavy (non-hydrogen) atoms. The molecule has 0 spiro atoms. The molecule has 6 heteroatoms. The normalized spacial score (nSPS) is 12.6. The number of carbonyl (C=O) groups is 1. The van der Waals surface area contributed by atoms with Crippen molar-refractivity contribution in [2.45, 2.75) is 19.5 Å². The van der Waals surface area contributed by atoms with E-state index in [4.69, 9.17) is 5.11 Å². The van der Waals surface area contributed by atoms with Gasteiger partial charge in [0, 0.05) is 18.4 Å². The van der Waals surface area contributed by atoms with Crippen molar-refractivity contribution in [3.05, 3.63) is 29.6 Å². The number of alkyl halides is 2. The second kappa shape index (κ2) is 5.50. The predicted octanol–water partition coefficient (Wildman–Crippen LogP) is 0.746. The van der Waals surface area contributed by atoms with Gasteiger partial charge in [0.25, 0.3) is 12.3 Å². The first-order valence-electron chi connectivity index (χ1n) is 4.68. The third-order valence-corrected chi connectivity index (χ3v) is 1.94. The molecule has 0 saturated carbocycles. The average molecular weight is 230 g/mol. The van der Waals surface area contributed by atoms with Crippen LogP contribution in [-0.4, -0.2) is 35.1 Å². The van der Waals surface area contributed by atoms with Crippen LogP contribution in [0.2, 0.25) is 0 Å². The van der Waals surface area contributed by atoms with E-state index in [9.17, 15) is 13.6 Å². The zero-order valence-corrected chi connectivity index (χ0v) is 8.65. The molecule has 0 aliphatic rings. The highest BCUT2D eigenvalue weighted by Gasteiger charge is 2.17. The maximum Gasteiger partial charge on any atom is 0.265 e. The summed E-state index contributed by atoms with van der Waals surface area (Å²) in [6.45, 7) is 1.28. The fourth-order valence-corrected chi connectivity index (χ4v) is 0.991. The maximum absolute atomic E-state index is 11.9. The van der Waals surface area contributed by atoms with E-state index in [0.29, 0.717) is 0 Å². The average Bonchev–Trinajstić information content (AvgIpc) is 2.26. The van der Waals surface area contributed by atoms with Crippen LogP contribution in [0.4, 0.5) is 8.78 Å². The van der Waals surface area contributed by atoms with Crippen LogP contribution in [0.1, 0.15) is 16.1 Å². The topological polar surface area (TPSA) is 62.2 Å². The number of aryl methyl sites for hydroxylation is 1. The Labute approximate surface area is 91.3 Å². The zero-order valence-electron chi connectivity index (χ0n) is 8.65. The van der Waals surface area contributed by atoms with Crippen molar-refractivity contribution in [2.24, 2.45) is 0 Å². The number of nitrogens with one attached hydrogen (secondary N) is 1. The number of hydrogen-bond acceptors (Lipinski definition) is 3. The number of carbonyl (C=O) groups excluding carboxylic acids is 1. The van der Waals surface area contributed by atoms with Gasteiger partial charge in [0.2, 0.25) is 0 Å². The predicted molar refractivity (Wildman–Crippen MR) is 53.3 cm³/mol. The second-order valence-corrected chi connectivity index (χ2v) is 3.30. The number of aromatic nitrogens is 1. The molecule has 0 radical (unpaired) electrons. The number of pyridine rings is 1. The van der Waals surface area contributed by atoms with E-state index in [0.717, 1.165) is 5.69 Å². The van der Waals surface area contributed by atoms with Gasteiger partial charge in [-0.05, 0) is 19.1 Å². The molecule has 0 aromatic carbocycles. The van der Waals surface area contributed by atoms with E-state index in [1.165, 1.54) is 12.3 Å². The SMILES string of the molecule is Cc1ccc(C(=O)NCC(O)C(F)F)cn1. The summed E-state index contributed by atoms with van der Waals surface area (Å²) < 4.78 is 23.8. The Kier molecular flexibility index (Phi) is 4.30. The number of hydrogen-bond donors (Lipinski definition) is 2. The minimum Gasteiger partial charge on any atom is -0.385 e. The van der Waals surface area contributed by atoms with Crippen LogP contribution < -0.4 is 5.32 Å². The lowest BCUT2D eigenvalue weighted by molar-refractivity contribution is -0.00270. The van der Waals surface area contributed by atoms with E-state index in [1.807, 2.05) is 0 Å². The summed E-state index contributed by atoms with van der Waals surface area (Å²) in [7, 11) is 0. The van der Waals surface area contributed by atoms with Gasteiger partial charge < -0.3 is 10.4 Å². The third-order valence-electron chi connectivity index (χ3n) is 1.94. The molecule has 1 unspecified atom stereocenters. The van der Waals surface area contributed by atoms with E-state index in [-0.39, 0.29) is 5.56 Å². The zero-order chi connectivity index (χ0) is 12.1. The van der Waals surface area contributed by atoms with Crippen molar-refractivity contribution < 1.29 is 18.7 Å². The van der Waals surface area contributed by atoms with E-state index >= 15 is 0 Å². The summed E-state index contributed by atoms with van der Waals surface area (Å²) in [5.74, 6) is -0.535. The lowest BCUT2D eigenvalue weighted by atomic mass is 10.2. The van der Waals surface area contributed by atoms with Crippen LogP contribution in [-0.2, 0) is 0 Å². The first-order chi connectivity index (χ1) is 7.50. The Morgan fingerprint density at radius 1 is 1.56 bits per heavy atom. The van der Waals surface area contributed by atoms with Crippen LogP contribution >= 0.6 is 0 Å². The minimum atomic E-state index is -2.86. The molecule has 4 nitrogen and oxygen atoms in total. The maximum atomic E-state index is 11.9. The molecule has 0 fully saturated rings. The highest BCUT2D eigenvalue weighted by atomic mass is 19.3. The van der Waals surface area contributed by atoms with Crippen molar-refractivity contribution in [2.75, 3.05) is 6.54 Å². The molecule has 1 atom stereocenters. The lowest BCUT2D eigenvalue weighted by Gasteiger charge is -2.10. The first-order valence-corrected chi connectivity index (χ1v) is 4.68. The van der Waals surface area contributed by atoms with Crippen LogP contribution in [0.25, 0.3) is 0 Å².